The Morgan fingerprint density at radius 1 is 1.47 bits per heavy atom. The normalized spacial score (nSPS) is 14.0. The first-order valence-electron chi connectivity index (χ1n) is 4.16. The summed E-state index contributed by atoms with van der Waals surface area (Å²) < 4.78 is 36.7. The number of hydrogen-bond acceptors (Lipinski definition) is 1. The molecule has 0 radical (unpaired) electrons. The van der Waals surface area contributed by atoms with Crippen LogP contribution in [0.3, 0.4) is 0 Å². The van der Waals surface area contributed by atoms with Crippen LogP contribution in [0, 0.1) is 0 Å². The van der Waals surface area contributed by atoms with E-state index >= 15 is 0 Å². The summed E-state index contributed by atoms with van der Waals surface area (Å²) in [6, 6.07) is 0.864. The lowest BCUT2D eigenvalue weighted by Crippen LogP contribution is -2.08. The van der Waals surface area contributed by atoms with Crippen molar-refractivity contribution in [3.05, 3.63) is 28.5 Å². The summed E-state index contributed by atoms with van der Waals surface area (Å²) in [5.41, 5.74) is -0.467. The van der Waals surface area contributed by atoms with Gasteiger partial charge in [0, 0.05) is 18.0 Å². The van der Waals surface area contributed by atoms with Crippen molar-refractivity contribution in [3.8, 4) is 0 Å². The van der Waals surface area contributed by atoms with Gasteiger partial charge in [-0.2, -0.15) is 13.2 Å². The van der Waals surface area contributed by atoms with Crippen molar-refractivity contribution in [2.75, 3.05) is 0 Å². The first-order valence-corrected chi connectivity index (χ1v) is 4.98. The Balaban J connectivity index is 2.98. The molecular weight excluding hydrogens is 250 g/mol. The van der Waals surface area contributed by atoms with E-state index in [0.717, 1.165) is 12.3 Å². The number of hydrogen-bond donors (Lipinski definition) is 0. The molecule has 15 heavy (non-hydrogen) atoms. The second-order valence-electron chi connectivity index (χ2n) is 3.14. The Hall–Kier alpha value is -0.480. The minimum absolute atomic E-state index is 0.00248. The van der Waals surface area contributed by atoms with Crippen LogP contribution in [-0.4, -0.2) is 10.4 Å². The minimum atomic E-state index is -4.41. The summed E-state index contributed by atoms with van der Waals surface area (Å²) >= 11 is 11.4. The monoisotopic (exact) mass is 257 g/mol. The molecule has 0 aliphatic carbocycles. The van der Waals surface area contributed by atoms with Crippen LogP contribution >= 0.6 is 23.2 Å². The predicted octanol–water partition coefficient (Wildman–Crippen LogP) is 3.92. The quantitative estimate of drug-likeness (QED) is 0.732. The van der Waals surface area contributed by atoms with E-state index in [0.29, 0.717) is 12.1 Å². The Morgan fingerprint density at radius 3 is 2.47 bits per heavy atom. The van der Waals surface area contributed by atoms with E-state index in [-0.39, 0.29) is 10.4 Å². The molecule has 1 rings (SSSR count). The van der Waals surface area contributed by atoms with Crippen molar-refractivity contribution >= 4 is 23.2 Å². The van der Waals surface area contributed by atoms with Gasteiger partial charge in [-0.25, -0.2) is 0 Å². The summed E-state index contributed by atoms with van der Waals surface area (Å²) in [5.74, 6) is 0. The lowest BCUT2D eigenvalue weighted by atomic mass is 10.2. The maximum Gasteiger partial charge on any atom is 0.417 e. The standard InChI is InChI=1S/C9H8Cl2F3N/c1-5(10)2-8-7(11)3-6(4-15-8)9(12,13)14/h3-5H,2H2,1H3. The zero-order valence-corrected chi connectivity index (χ0v) is 9.29. The maximum atomic E-state index is 12.2. The summed E-state index contributed by atoms with van der Waals surface area (Å²) in [6.45, 7) is 1.72. The van der Waals surface area contributed by atoms with Gasteiger partial charge in [0.15, 0.2) is 0 Å². The molecule has 0 aliphatic heterocycles. The van der Waals surface area contributed by atoms with E-state index in [1.54, 1.807) is 6.92 Å². The second-order valence-corrected chi connectivity index (χ2v) is 4.29. The van der Waals surface area contributed by atoms with Crippen molar-refractivity contribution in [1.29, 1.82) is 0 Å². The molecule has 0 fully saturated rings. The SMILES string of the molecule is CC(Cl)Cc1ncc(C(F)(F)F)cc1Cl. The lowest BCUT2D eigenvalue weighted by molar-refractivity contribution is -0.137. The highest BCUT2D eigenvalue weighted by Crippen LogP contribution is 2.31. The number of pyridine rings is 1. The zero-order valence-electron chi connectivity index (χ0n) is 7.78. The molecule has 84 valence electrons. The molecule has 0 aliphatic rings. The highest BCUT2D eigenvalue weighted by atomic mass is 35.5. The fourth-order valence-electron chi connectivity index (χ4n) is 1.04. The molecule has 1 unspecified atom stereocenters. The fourth-order valence-corrected chi connectivity index (χ4v) is 1.43. The molecule has 0 bridgehead atoms. The molecule has 1 nitrogen and oxygen atoms in total. The molecule has 6 heteroatoms. The van der Waals surface area contributed by atoms with Crippen molar-refractivity contribution in [2.24, 2.45) is 0 Å². The van der Waals surface area contributed by atoms with Crippen molar-refractivity contribution in [1.82, 2.24) is 4.98 Å². The van der Waals surface area contributed by atoms with Gasteiger partial charge in [-0.15, -0.1) is 11.6 Å². The van der Waals surface area contributed by atoms with Crippen LogP contribution in [0.5, 0.6) is 0 Å². The number of nitrogens with zero attached hydrogens (tertiary/aromatic N) is 1. The van der Waals surface area contributed by atoms with Crippen LogP contribution in [0.2, 0.25) is 5.02 Å². The van der Waals surface area contributed by atoms with Gasteiger partial charge in [0.2, 0.25) is 0 Å². The highest BCUT2D eigenvalue weighted by Gasteiger charge is 2.31. The van der Waals surface area contributed by atoms with E-state index in [2.05, 4.69) is 4.98 Å². The van der Waals surface area contributed by atoms with E-state index in [1.165, 1.54) is 0 Å². The molecule has 0 amide bonds. The van der Waals surface area contributed by atoms with Gasteiger partial charge in [-0.05, 0) is 13.0 Å². The minimum Gasteiger partial charge on any atom is -0.259 e. The third-order valence-electron chi connectivity index (χ3n) is 1.72. The van der Waals surface area contributed by atoms with Gasteiger partial charge >= 0.3 is 6.18 Å². The van der Waals surface area contributed by atoms with Crippen LogP contribution in [0.25, 0.3) is 0 Å². The van der Waals surface area contributed by atoms with Crippen molar-refractivity contribution in [2.45, 2.75) is 24.9 Å². The van der Waals surface area contributed by atoms with Gasteiger partial charge in [-0.3, -0.25) is 4.98 Å². The Labute approximate surface area is 95.2 Å². The molecule has 0 spiro atoms. The van der Waals surface area contributed by atoms with E-state index in [1.807, 2.05) is 0 Å². The van der Waals surface area contributed by atoms with Crippen LogP contribution in [-0.2, 0) is 12.6 Å². The number of alkyl halides is 4. The van der Waals surface area contributed by atoms with E-state index in [4.69, 9.17) is 23.2 Å². The van der Waals surface area contributed by atoms with E-state index < -0.39 is 11.7 Å². The highest BCUT2D eigenvalue weighted by molar-refractivity contribution is 6.31. The fraction of sp³-hybridized carbons (Fsp3) is 0.444. The summed E-state index contributed by atoms with van der Waals surface area (Å²) in [7, 11) is 0. The average Bonchev–Trinajstić information content (AvgIpc) is 2.05. The Bertz CT molecular complexity index is 350. The molecule has 1 atom stereocenters. The van der Waals surface area contributed by atoms with Crippen LogP contribution in [0.15, 0.2) is 12.3 Å². The first kappa shape index (κ1) is 12.6. The average molecular weight is 258 g/mol. The summed E-state index contributed by atoms with van der Waals surface area (Å²) in [4.78, 5) is 3.65. The number of aromatic nitrogens is 1. The van der Waals surface area contributed by atoms with Gasteiger partial charge in [0.1, 0.15) is 0 Å². The molecular formula is C9H8Cl2F3N. The zero-order chi connectivity index (χ0) is 11.6. The number of rotatable bonds is 2. The lowest BCUT2D eigenvalue weighted by Gasteiger charge is -2.09. The third kappa shape index (κ3) is 3.54. The van der Waals surface area contributed by atoms with Crippen molar-refractivity contribution in [3.63, 3.8) is 0 Å². The molecule has 1 heterocycles. The van der Waals surface area contributed by atoms with Crippen LogP contribution in [0.1, 0.15) is 18.2 Å². The molecule has 1 aromatic rings. The number of halogens is 5. The Kier molecular flexibility index (Phi) is 3.84. The summed E-state index contributed by atoms with van der Waals surface area (Å²) in [6.07, 6.45) is -3.30. The first-order chi connectivity index (χ1) is 6.80. The predicted molar refractivity (Wildman–Crippen MR) is 53.3 cm³/mol. The largest absolute Gasteiger partial charge is 0.417 e. The summed E-state index contributed by atoms with van der Waals surface area (Å²) in [5, 5.41) is -0.218. The van der Waals surface area contributed by atoms with Gasteiger partial charge in [0.05, 0.1) is 16.3 Å². The molecule has 0 aromatic carbocycles. The van der Waals surface area contributed by atoms with E-state index in [9.17, 15) is 13.2 Å². The van der Waals surface area contributed by atoms with Crippen molar-refractivity contribution < 1.29 is 13.2 Å². The van der Waals surface area contributed by atoms with Gasteiger partial charge in [0.25, 0.3) is 0 Å². The molecule has 0 N–H and O–H groups in total. The maximum absolute atomic E-state index is 12.2. The van der Waals surface area contributed by atoms with Crippen LogP contribution in [0.4, 0.5) is 13.2 Å². The Morgan fingerprint density at radius 2 is 2.07 bits per heavy atom. The second kappa shape index (κ2) is 4.58. The molecule has 0 saturated carbocycles. The third-order valence-corrected chi connectivity index (χ3v) is 2.20. The topological polar surface area (TPSA) is 12.9 Å². The van der Waals surface area contributed by atoms with Crippen LogP contribution < -0.4 is 0 Å². The molecule has 1 aromatic heterocycles. The molecule has 0 saturated heterocycles. The van der Waals surface area contributed by atoms with Gasteiger partial charge in [-0.1, -0.05) is 11.6 Å². The van der Waals surface area contributed by atoms with Gasteiger partial charge < -0.3 is 0 Å². The smallest absolute Gasteiger partial charge is 0.259 e.